The van der Waals surface area contributed by atoms with Crippen molar-refractivity contribution in [2.45, 2.75) is 46.0 Å². The zero-order chi connectivity index (χ0) is 19.4. The molecule has 4 nitrogen and oxygen atoms in total. The summed E-state index contributed by atoms with van der Waals surface area (Å²) in [5.74, 6) is 1.52. The maximum Gasteiger partial charge on any atom is 0.225 e. The molecule has 0 aliphatic carbocycles. The summed E-state index contributed by atoms with van der Waals surface area (Å²) in [4.78, 5) is 19.2. The number of pyridine rings is 1. The Hall–Kier alpha value is -2.36. The molecule has 1 aliphatic rings. The van der Waals surface area contributed by atoms with Gasteiger partial charge in [-0.3, -0.25) is 9.78 Å². The molecule has 1 aromatic heterocycles. The first-order chi connectivity index (χ1) is 13.0. The molecule has 0 unspecified atom stereocenters. The Kier molecular flexibility index (Phi) is 6.15. The number of hydrogen-bond donors (Lipinski definition) is 0. The molecule has 0 saturated carbocycles. The van der Waals surface area contributed by atoms with Crippen molar-refractivity contribution in [2.24, 2.45) is 5.92 Å². The third-order valence-corrected chi connectivity index (χ3v) is 5.25. The summed E-state index contributed by atoms with van der Waals surface area (Å²) < 4.78 is 5.24. The fourth-order valence-electron chi connectivity index (χ4n) is 3.84. The number of piperidine rings is 1. The molecule has 1 fully saturated rings. The van der Waals surface area contributed by atoms with Gasteiger partial charge in [0.15, 0.2) is 0 Å². The molecule has 2 aromatic rings. The van der Waals surface area contributed by atoms with E-state index < -0.39 is 0 Å². The average Bonchev–Trinajstić information content (AvgIpc) is 2.67. The van der Waals surface area contributed by atoms with Gasteiger partial charge in [-0.25, -0.2) is 0 Å². The first-order valence-electron chi connectivity index (χ1n) is 9.85. The summed E-state index contributed by atoms with van der Waals surface area (Å²) in [6.45, 7) is 7.67. The number of rotatable bonds is 5. The van der Waals surface area contributed by atoms with E-state index in [0.29, 0.717) is 5.92 Å². The summed E-state index contributed by atoms with van der Waals surface area (Å²) in [5, 5.41) is 0. The van der Waals surface area contributed by atoms with Gasteiger partial charge in [-0.05, 0) is 61.6 Å². The van der Waals surface area contributed by atoms with Crippen LogP contribution in [0.5, 0.6) is 5.75 Å². The van der Waals surface area contributed by atoms with E-state index in [0.717, 1.165) is 49.5 Å². The lowest BCUT2D eigenvalue weighted by Gasteiger charge is -2.34. The lowest BCUT2D eigenvalue weighted by molar-refractivity contribution is -0.135. The van der Waals surface area contributed by atoms with Gasteiger partial charge in [-0.1, -0.05) is 26.0 Å². The lowest BCUT2D eigenvalue weighted by atomic mass is 9.91. The fraction of sp³-hybridized carbons (Fsp3) is 0.478. The third kappa shape index (κ3) is 4.88. The normalized spacial score (nSPS) is 17.2. The third-order valence-electron chi connectivity index (χ3n) is 5.25. The summed E-state index contributed by atoms with van der Waals surface area (Å²) >= 11 is 0. The second kappa shape index (κ2) is 8.55. The van der Waals surface area contributed by atoms with Crippen LogP contribution in [0.15, 0.2) is 36.4 Å². The Labute approximate surface area is 162 Å². The van der Waals surface area contributed by atoms with Crippen molar-refractivity contribution in [1.82, 2.24) is 9.88 Å². The lowest BCUT2D eigenvalue weighted by Crippen LogP contribution is -2.41. The molecule has 0 bridgehead atoms. The molecule has 1 saturated heterocycles. The second-order valence-electron chi connectivity index (χ2n) is 7.84. The molecule has 0 N–H and O–H groups in total. The number of likely N-dealkylation sites (tertiary alicyclic amines) is 1. The number of carbonyl (C=O) groups is 1. The molecule has 144 valence electrons. The first-order valence-corrected chi connectivity index (χ1v) is 9.85. The minimum atomic E-state index is 0.0554. The van der Waals surface area contributed by atoms with E-state index in [1.807, 2.05) is 30.9 Å². The van der Waals surface area contributed by atoms with E-state index in [9.17, 15) is 4.79 Å². The highest BCUT2D eigenvalue weighted by molar-refractivity contribution is 5.78. The van der Waals surface area contributed by atoms with Crippen LogP contribution in [0.25, 0.3) is 0 Å². The van der Waals surface area contributed by atoms with Crippen LogP contribution in [-0.2, 0) is 11.2 Å². The molecular formula is C23H30N2O2. The van der Waals surface area contributed by atoms with Crippen LogP contribution in [0.4, 0.5) is 0 Å². The van der Waals surface area contributed by atoms with Crippen LogP contribution in [0.2, 0.25) is 0 Å². The Morgan fingerprint density at radius 1 is 1.22 bits per heavy atom. The number of nitrogens with zero attached hydrogens (tertiary/aromatic N) is 2. The van der Waals surface area contributed by atoms with E-state index in [1.165, 1.54) is 11.1 Å². The topological polar surface area (TPSA) is 42.4 Å². The molecule has 3 rings (SSSR count). The van der Waals surface area contributed by atoms with Gasteiger partial charge in [0.05, 0.1) is 7.11 Å². The van der Waals surface area contributed by atoms with E-state index in [1.54, 1.807) is 7.11 Å². The SMILES string of the molecule is COc1ccc(Cc2cc(C)nc([C@H]3CCCN(C(=O)C(C)C)C3)c2)cc1. The van der Waals surface area contributed by atoms with E-state index in [4.69, 9.17) is 9.72 Å². The van der Waals surface area contributed by atoms with Gasteiger partial charge in [0.25, 0.3) is 0 Å². The number of ether oxygens (including phenoxy) is 1. The molecule has 4 heteroatoms. The second-order valence-corrected chi connectivity index (χ2v) is 7.84. The van der Waals surface area contributed by atoms with Crippen LogP contribution >= 0.6 is 0 Å². The van der Waals surface area contributed by atoms with Crippen molar-refractivity contribution >= 4 is 5.91 Å². The number of aromatic nitrogens is 1. The van der Waals surface area contributed by atoms with Gasteiger partial charge in [-0.15, -0.1) is 0 Å². The number of hydrogen-bond acceptors (Lipinski definition) is 3. The quantitative estimate of drug-likeness (QED) is 0.790. The molecule has 0 radical (unpaired) electrons. The van der Waals surface area contributed by atoms with Crippen molar-refractivity contribution in [2.75, 3.05) is 20.2 Å². The number of carbonyl (C=O) groups excluding carboxylic acids is 1. The van der Waals surface area contributed by atoms with Crippen LogP contribution in [-0.4, -0.2) is 36.0 Å². The van der Waals surface area contributed by atoms with Crippen LogP contribution in [0, 0.1) is 12.8 Å². The average molecular weight is 367 g/mol. The maximum absolute atomic E-state index is 12.4. The van der Waals surface area contributed by atoms with Crippen LogP contribution in [0.1, 0.15) is 55.1 Å². The minimum absolute atomic E-state index is 0.0554. The molecule has 1 aromatic carbocycles. The highest BCUT2D eigenvalue weighted by atomic mass is 16.5. The van der Waals surface area contributed by atoms with Gasteiger partial charge in [0.1, 0.15) is 5.75 Å². The van der Waals surface area contributed by atoms with Gasteiger partial charge in [0, 0.05) is 36.3 Å². The Balaban J connectivity index is 1.77. The summed E-state index contributed by atoms with van der Waals surface area (Å²) in [5.41, 5.74) is 4.70. The predicted molar refractivity (Wildman–Crippen MR) is 108 cm³/mol. The zero-order valence-corrected chi connectivity index (χ0v) is 16.9. The van der Waals surface area contributed by atoms with E-state index in [2.05, 4.69) is 31.2 Å². The minimum Gasteiger partial charge on any atom is -0.497 e. The predicted octanol–water partition coefficient (Wildman–Crippen LogP) is 4.35. The molecule has 0 spiro atoms. The first kappa shape index (κ1) is 19.4. The van der Waals surface area contributed by atoms with Gasteiger partial charge >= 0.3 is 0 Å². The molecule has 1 aliphatic heterocycles. The van der Waals surface area contributed by atoms with Crippen LogP contribution < -0.4 is 4.74 Å². The molecule has 27 heavy (non-hydrogen) atoms. The van der Waals surface area contributed by atoms with E-state index in [-0.39, 0.29) is 11.8 Å². The van der Waals surface area contributed by atoms with Crippen LogP contribution in [0.3, 0.4) is 0 Å². The van der Waals surface area contributed by atoms with Gasteiger partial charge in [-0.2, -0.15) is 0 Å². The van der Waals surface area contributed by atoms with Gasteiger partial charge < -0.3 is 9.64 Å². The Morgan fingerprint density at radius 3 is 2.63 bits per heavy atom. The monoisotopic (exact) mass is 366 g/mol. The number of aryl methyl sites for hydroxylation is 1. The fourth-order valence-corrected chi connectivity index (χ4v) is 3.84. The summed E-state index contributed by atoms with van der Waals surface area (Å²) in [7, 11) is 1.69. The zero-order valence-electron chi connectivity index (χ0n) is 16.9. The highest BCUT2D eigenvalue weighted by Crippen LogP contribution is 2.28. The molecule has 2 heterocycles. The summed E-state index contributed by atoms with van der Waals surface area (Å²) in [6, 6.07) is 12.6. The molecule has 1 atom stereocenters. The smallest absolute Gasteiger partial charge is 0.225 e. The summed E-state index contributed by atoms with van der Waals surface area (Å²) in [6.07, 6.45) is 3.02. The van der Waals surface area contributed by atoms with Crippen molar-refractivity contribution in [3.63, 3.8) is 0 Å². The van der Waals surface area contributed by atoms with E-state index >= 15 is 0 Å². The maximum atomic E-state index is 12.4. The number of benzene rings is 1. The highest BCUT2D eigenvalue weighted by Gasteiger charge is 2.27. The number of methoxy groups -OCH3 is 1. The van der Waals surface area contributed by atoms with Gasteiger partial charge in [0.2, 0.25) is 5.91 Å². The largest absolute Gasteiger partial charge is 0.497 e. The Morgan fingerprint density at radius 2 is 1.96 bits per heavy atom. The standard InChI is InChI=1S/C23H30N2O2/c1-16(2)23(26)25-11-5-6-20(15-25)22-14-19(12-17(3)24-22)13-18-7-9-21(27-4)10-8-18/h7-10,12,14,16,20H,5-6,11,13,15H2,1-4H3/t20-/m0/s1. The van der Waals surface area contributed by atoms with Crippen molar-refractivity contribution in [1.29, 1.82) is 0 Å². The van der Waals surface area contributed by atoms with Crippen molar-refractivity contribution in [3.8, 4) is 5.75 Å². The molecule has 1 amide bonds. The van der Waals surface area contributed by atoms with Crippen molar-refractivity contribution in [3.05, 3.63) is 58.9 Å². The van der Waals surface area contributed by atoms with Crippen molar-refractivity contribution < 1.29 is 9.53 Å². The molecular weight excluding hydrogens is 336 g/mol. The number of amides is 1. The Bertz CT molecular complexity index is 783.